The smallest absolute Gasteiger partial charge is 0.291 e. The molecule has 0 unspecified atom stereocenters. The fourth-order valence-electron chi connectivity index (χ4n) is 3.17. The molecule has 4 rings (SSSR count). The van der Waals surface area contributed by atoms with Crippen LogP contribution in [0, 0.1) is 0 Å². The summed E-state index contributed by atoms with van der Waals surface area (Å²) in [5.74, 6) is -0.545. The van der Waals surface area contributed by atoms with Crippen molar-refractivity contribution in [2.24, 2.45) is 7.05 Å². The number of aryl methyl sites for hydroxylation is 1. The number of nitrogens with one attached hydrogen (secondary N) is 1. The molecule has 0 saturated carbocycles. The minimum absolute atomic E-state index is 0.0444. The number of imidazole rings is 1. The van der Waals surface area contributed by atoms with Gasteiger partial charge in [0.25, 0.3) is 15.9 Å². The van der Waals surface area contributed by atoms with Gasteiger partial charge in [0.1, 0.15) is 0 Å². The second kappa shape index (κ2) is 8.66. The maximum absolute atomic E-state index is 12.7. The Morgan fingerprint density at radius 1 is 1.10 bits per heavy atom. The monoisotopic (exact) mass is 446 g/mol. The van der Waals surface area contributed by atoms with Gasteiger partial charge in [0.15, 0.2) is 10.9 Å². The number of hydrogen-bond donors (Lipinski definition) is 1. The molecule has 0 spiro atoms. The summed E-state index contributed by atoms with van der Waals surface area (Å²) < 4.78 is 34.1. The molecule has 1 amide bonds. The van der Waals surface area contributed by atoms with Gasteiger partial charge in [-0.05, 0) is 49.2 Å². The summed E-state index contributed by atoms with van der Waals surface area (Å²) in [4.78, 5) is 17.7. The molecule has 0 bridgehead atoms. The predicted molar refractivity (Wildman–Crippen MR) is 113 cm³/mol. The van der Waals surface area contributed by atoms with E-state index in [2.05, 4.69) is 10.3 Å². The van der Waals surface area contributed by atoms with Crippen LogP contribution in [0.3, 0.4) is 0 Å². The van der Waals surface area contributed by atoms with E-state index in [1.165, 1.54) is 28.2 Å². The van der Waals surface area contributed by atoms with Crippen LogP contribution in [-0.4, -0.2) is 41.3 Å². The Kier molecular flexibility index (Phi) is 5.98. The standard InChI is InChI=1S/C20H22N4O4S2/c1-23-14-11-21-20(23)29-16-7-5-15(6-8-16)22-19(25)17-9-10-18(28-17)30(26,27)24-12-3-2-4-13-24/h5-11,14H,2-4,12-13H2,1H3,(H,22,25). The van der Waals surface area contributed by atoms with E-state index in [1.54, 1.807) is 18.3 Å². The Bertz CT molecular complexity index is 1130. The first-order valence-corrected chi connectivity index (χ1v) is 11.9. The van der Waals surface area contributed by atoms with Crippen molar-refractivity contribution in [3.05, 3.63) is 54.6 Å². The van der Waals surface area contributed by atoms with Crippen molar-refractivity contribution >= 4 is 33.4 Å². The summed E-state index contributed by atoms with van der Waals surface area (Å²) in [6.45, 7) is 0.959. The number of aromatic nitrogens is 2. The average molecular weight is 447 g/mol. The first-order valence-electron chi connectivity index (χ1n) is 9.60. The number of carbonyl (C=O) groups excluding carboxylic acids is 1. The maximum atomic E-state index is 12.7. The van der Waals surface area contributed by atoms with Crippen LogP contribution in [0.15, 0.2) is 68.4 Å². The van der Waals surface area contributed by atoms with E-state index in [0.29, 0.717) is 18.8 Å². The highest BCUT2D eigenvalue weighted by Crippen LogP contribution is 2.27. The molecule has 8 nitrogen and oxygen atoms in total. The molecule has 3 heterocycles. The number of hydrogen-bond acceptors (Lipinski definition) is 6. The van der Waals surface area contributed by atoms with Gasteiger partial charge in [-0.25, -0.2) is 13.4 Å². The second-order valence-corrected chi connectivity index (χ2v) is 9.89. The van der Waals surface area contributed by atoms with Crippen LogP contribution in [0.2, 0.25) is 0 Å². The van der Waals surface area contributed by atoms with E-state index in [-0.39, 0.29) is 10.9 Å². The molecular formula is C20H22N4O4S2. The number of furan rings is 1. The molecule has 1 saturated heterocycles. The third kappa shape index (κ3) is 4.45. The molecule has 158 valence electrons. The number of amides is 1. The first-order chi connectivity index (χ1) is 14.4. The minimum Gasteiger partial charge on any atom is -0.438 e. The van der Waals surface area contributed by atoms with Gasteiger partial charge in [0.05, 0.1) is 0 Å². The van der Waals surface area contributed by atoms with Gasteiger partial charge in [-0.15, -0.1) is 0 Å². The van der Waals surface area contributed by atoms with Crippen molar-refractivity contribution in [1.29, 1.82) is 0 Å². The highest BCUT2D eigenvalue weighted by atomic mass is 32.2. The lowest BCUT2D eigenvalue weighted by molar-refractivity contribution is 0.0991. The summed E-state index contributed by atoms with van der Waals surface area (Å²) in [7, 11) is -1.78. The van der Waals surface area contributed by atoms with Gasteiger partial charge < -0.3 is 14.3 Å². The number of sulfonamides is 1. The zero-order valence-electron chi connectivity index (χ0n) is 16.4. The van der Waals surface area contributed by atoms with Gasteiger partial charge in [-0.3, -0.25) is 4.79 Å². The number of rotatable bonds is 6. The number of piperidine rings is 1. The van der Waals surface area contributed by atoms with E-state index in [9.17, 15) is 13.2 Å². The van der Waals surface area contributed by atoms with Crippen LogP contribution in [0.25, 0.3) is 0 Å². The van der Waals surface area contributed by atoms with E-state index >= 15 is 0 Å². The summed E-state index contributed by atoms with van der Waals surface area (Å²) in [5.41, 5.74) is 0.584. The van der Waals surface area contributed by atoms with Gasteiger partial charge in [0.2, 0.25) is 5.09 Å². The number of nitrogens with zero attached hydrogens (tertiary/aromatic N) is 3. The SMILES string of the molecule is Cn1ccnc1Sc1ccc(NC(=O)c2ccc(S(=O)(=O)N3CCCCC3)o2)cc1. The van der Waals surface area contributed by atoms with Gasteiger partial charge >= 0.3 is 0 Å². The third-order valence-corrected chi connectivity index (χ3v) is 7.67. The summed E-state index contributed by atoms with van der Waals surface area (Å²) in [5, 5.41) is 3.40. The van der Waals surface area contributed by atoms with E-state index in [0.717, 1.165) is 29.3 Å². The Morgan fingerprint density at radius 3 is 2.50 bits per heavy atom. The highest BCUT2D eigenvalue weighted by molar-refractivity contribution is 7.99. The summed E-state index contributed by atoms with van der Waals surface area (Å²) in [6, 6.07) is 10.0. The van der Waals surface area contributed by atoms with Crippen LogP contribution in [0.1, 0.15) is 29.8 Å². The Morgan fingerprint density at radius 2 is 1.83 bits per heavy atom. The summed E-state index contributed by atoms with van der Waals surface area (Å²) >= 11 is 1.51. The highest BCUT2D eigenvalue weighted by Gasteiger charge is 2.29. The van der Waals surface area contributed by atoms with Crippen molar-refractivity contribution in [1.82, 2.24) is 13.9 Å². The first kappa shape index (κ1) is 20.7. The third-order valence-electron chi connectivity index (χ3n) is 4.81. The van der Waals surface area contributed by atoms with E-state index < -0.39 is 15.9 Å². The fraction of sp³-hybridized carbons (Fsp3) is 0.300. The Balaban J connectivity index is 1.41. The molecular weight excluding hydrogens is 424 g/mol. The molecule has 10 heteroatoms. The Labute approximate surface area is 179 Å². The lowest BCUT2D eigenvalue weighted by Gasteiger charge is -2.24. The number of carbonyl (C=O) groups is 1. The molecule has 3 aromatic rings. The van der Waals surface area contributed by atoms with Crippen LogP contribution >= 0.6 is 11.8 Å². The lowest BCUT2D eigenvalue weighted by atomic mass is 10.2. The number of benzene rings is 1. The molecule has 30 heavy (non-hydrogen) atoms. The fourth-order valence-corrected chi connectivity index (χ4v) is 5.40. The quantitative estimate of drug-likeness (QED) is 0.621. The molecule has 0 atom stereocenters. The van der Waals surface area contributed by atoms with Crippen molar-refractivity contribution in [2.75, 3.05) is 18.4 Å². The topological polar surface area (TPSA) is 97.4 Å². The minimum atomic E-state index is -3.71. The predicted octanol–water partition coefficient (Wildman–Crippen LogP) is 3.59. The second-order valence-electron chi connectivity index (χ2n) is 6.98. The van der Waals surface area contributed by atoms with E-state index in [1.807, 2.05) is 29.9 Å². The van der Waals surface area contributed by atoms with Crippen LogP contribution < -0.4 is 5.32 Å². The summed E-state index contributed by atoms with van der Waals surface area (Å²) in [6.07, 6.45) is 6.31. The normalized spacial score (nSPS) is 15.2. The van der Waals surface area contributed by atoms with Crippen molar-refractivity contribution < 1.29 is 17.6 Å². The Hall–Kier alpha value is -2.56. The van der Waals surface area contributed by atoms with Crippen molar-refractivity contribution in [2.45, 2.75) is 34.4 Å². The molecule has 1 N–H and O–H groups in total. The van der Waals surface area contributed by atoms with Gasteiger partial charge in [0, 0.05) is 43.1 Å². The zero-order valence-corrected chi connectivity index (χ0v) is 18.1. The average Bonchev–Trinajstić information content (AvgIpc) is 3.40. The van der Waals surface area contributed by atoms with E-state index in [4.69, 9.17) is 4.42 Å². The van der Waals surface area contributed by atoms with Crippen LogP contribution in [0.4, 0.5) is 5.69 Å². The molecule has 1 aromatic carbocycles. The molecule has 0 aliphatic carbocycles. The maximum Gasteiger partial charge on any atom is 0.291 e. The molecule has 2 aromatic heterocycles. The van der Waals surface area contributed by atoms with Gasteiger partial charge in [-0.2, -0.15) is 4.31 Å². The van der Waals surface area contributed by atoms with Crippen LogP contribution in [0.5, 0.6) is 0 Å². The van der Waals surface area contributed by atoms with Gasteiger partial charge in [-0.1, -0.05) is 18.2 Å². The molecule has 0 radical (unpaired) electrons. The zero-order chi connectivity index (χ0) is 21.1. The molecule has 1 aliphatic heterocycles. The van der Waals surface area contributed by atoms with Crippen molar-refractivity contribution in [3.8, 4) is 0 Å². The molecule has 1 fully saturated rings. The molecule has 1 aliphatic rings. The van der Waals surface area contributed by atoms with Crippen LogP contribution in [-0.2, 0) is 17.1 Å². The number of anilines is 1. The van der Waals surface area contributed by atoms with Crippen molar-refractivity contribution in [3.63, 3.8) is 0 Å². The largest absolute Gasteiger partial charge is 0.438 e. The lowest BCUT2D eigenvalue weighted by Crippen LogP contribution is -2.35.